The fourth-order valence-corrected chi connectivity index (χ4v) is 1.37. The zero-order valence-corrected chi connectivity index (χ0v) is 9.95. The average Bonchev–Trinajstić information content (AvgIpc) is 2.37. The molecular weight excluding hydrogens is 216 g/mol. The van der Waals surface area contributed by atoms with E-state index in [1.54, 1.807) is 6.08 Å². The molecule has 1 N–H and O–H groups in total. The second kappa shape index (κ2) is 7.76. The lowest BCUT2D eigenvalue weighted by Gasteiger charge is -2.15. The van der Waals surface area contributed by atoms with Crippen molar-refractivity contribution in [2.75, 3.05) is 6.61 Å². The maximum absolute atomic E-state index is 10.1. The summed E-state index contributed by atoms with van der Waals surface area (Å²) in [6, 6.07) is 9.80. The van der Waals surface area contributed by atoms with E-state index in [4.69, 9.17) is 4.74 Å². The second-order valence-corrected chi connectivity index (χ2v) is 3.95. The Morgan fingerprint density at radius 3 is 2.71 bits per heavy atom. The number of aliphatic hydroxyl groups excluding tert-OH is 1. The maximum atomic E-state index is 10.1. The first kappa shape index (κ1) is 13.6. The molecule has 1 rings (SSSR count). The number of aldehydes is 1. The third kappa shape index (κ3) is 5.43. The number of carbonyl (C=O) groups excluding carboxylic acids is 1. The fraction of sp³-hybridized carbons (Fsp3) is 0.357. The van der Waals surface area contributed by atoms with Crippen LogP contribution in [0.1, 0.15) is 12.5 Å². The lowest BCUT2D eigenvalue weighted by atomic mass is 10.1. The fourth-order valence-electron chi connectivity index (χ4n) is 1.37. The van der Waals surface area contributed by atoms with E-state index in [9.17, 15) is 9.90 Å². The molecule has 0 saturated heterocycles. The van der Waals surface area contributed by atoms with Crippen molar-refractivity contribution in [1.82, 2.24) is 0 Å². The number of rotatable bonds is 7. The first-order valence-electron chi connectivity index (χ1n) is 5.65. The smallest absolute Gasteiger partial charge is 0.142 e. The molecule has 1 aromatic rings. The molecule has 0 amide bonds. The summed E-state index contributed by atoms with van der Waals surface area (Å²) in [6.45, 7) is 2.60. The van der Waals surface area contributed by atoms with Crippen molar-refractivity contribution >= 4 is 6.29 Å². The number of hydrogen-bond acceptors (Lipinski definition) is 3. The molecule has 0 heterocycles. The number of benzene rings is 1. The minimum Gasteiger partial charge on any atom is -0.390 e. The quantitative estimate of drug-likeness (QED) is 0.579. The van der Waals surface area contributed by atoms with Gasteiger partial charge in [-0.2, -0.15) is 0 Å². The lowest BCUT2D eigenvalue weighted by Crippen LogP contribution is -2.22. The van der Waals surface area contributed by atoms with Crippen molar-refractivity contribution < 1.29 is 14.6 Å². The highest BCUT2D eigenvalue weighted by Gasteiger charge is 2.11. The summed E-state index contributed by atoms with van der Waals surface area (Å²) >= 11 is 0. The minimum atomic E-state index is -0.588. The highest BCUT2D eigenvalue weighted by Crippen LogP contribution is 2.07. The third-order valence-electron chi connectivity index (χ3n) is 2.50. The number of hydrogen-bond donors (Lipinski definition) is 1. The molecule has 0 spiro atoms. The molecule has 92 valence electrons. The van der Waals surface area contributed by atoms with Gasteiger partial charge in [0.2, 0.25) is 0 Å². The molecule has 0 unspecified atom stereocenters. The summed E-state index contributed by atoms with van der Waals surface area (Å²) in [5.41, 5.74) is 1.08. The van der Waals surface area contributed by atoms with E-state index in [0.29, 0.717) is 12.9 Å². The molecule has 1 aromatic carbocycles. The van der Waals surface area contributed by atoms with Gasteiger partial charge in [-0.05, 0) is 11.6 Å². The van der Waals surface area contributed by atoms with Crippen LogP contribution in [-0.2, 0) is 16.1 Å². The Bertz CT molecular complexity index is 346. The number of allylic oxidation sites excluding steroid dienone is 1. The molecule has 0 fully saturated rings. The first-order valence-corrected chi connectivity index (χ1v) is 5.65. The molecule has 0 aliphatic rings. The van der Waals surface area contributed by atoms with Crippen LogP contribution >= 0.6 is 0 Å². The molecule has 0 bridgehead atoms. The molecule has 0 aliphatic heterocycles. The van der Waals surface area contributed by atoms with Crippen LogP contribution in [0.25, 0.3) is 0 Å². The molecular formula is C14H18O3. The standard InChI is InChI=1S/C14H18O3/c1-12(6-5-9-15)14(16)11-17-10-13-7-3-2-4-8-13/h2-9,12,14,16H,10-11H2,1H3/b6-5+/t12-,14+/m1/s1. The monoisotopic (exact) mass is 234 g/mol. The molecule has 0 radical (unpaired) electrons. The molecule has 0 aromatic heterocycles. The Balaban J connectivity index is 2.26. The third-order valence-corrected chi connectivity index (χ3v) is 2.50. The van der Waals surface area contributed by atoms with Gasteiger partial charge in [0.15, 0.2) is 0 Å². The molecule has 2 atom stereocenters. The summed E-state index contributed by atoms with van der Waals surface area (Å²) in [5, 5.41) is 9.73. The van der Waals surface area contributed by atoms with Crippen molar-refractivity contribution in [2.45, 2.75) is 19.6 Å². The Morgan fingerprint density at radius 1 is 1.35 bits per heavy atom. The summed E-state index contributed by atoms with van der Waals surface area (Å²) in [6.07, 6.45) is 3.18. The van der Waals surface area contributed by atoms with Gasteiger partial charge in [-0.1, -0.05) is 43.3 Å². The molecule has 3 nitrogen and oxygen atoms in total. The average molecular weight is 234 g/mol. The highest BCUT2D eigenvalue weighted by molar-refractivity contribution is 5.64. The molecule has 0 saturated carbocycles. The van der Waals surface area contributed by atoms with E-state index in [2.05, 4.69) is 0 Å². The van der Waals surface area contributed by atoms with Crippen LogP contribution in [0, 0.1) is 5.92 Å². The largest absolute Gasteiger partial charge is 0.390 e. The highest BCUT2D eigenvalue weighted by atomic mass is 16.5. The summed E-state index contributed by atoms with van der Waals surface area (Å²) < 4.78 is 5.41. The van der Waals surface area contributed by atoms with Crippen molar-refractivity contribution in [3.63, 3.8) is 0 Å². The van der Waals surface area contributed by atoms with Crippen molar-refractivity contribution in [2.24, 2.45) is 5.92 Å². The van der Waals surface area contributed by atoms with Crippen LogP contribution in [0.15, 0.2) is 42.5 Å². The van der Waals surface area contributed by atoms with Gasteiger partial charge in [0.05, 0.1) is 19.3 Å². The Hall–Kier alpha value is -1.45. The zero-order valence-electron chi connectivity index (χ0n) is 9.95. The first-order chi connectivity index (χ1) is 8.24. The Morgan fingerprint density at radius 2 is 2.06 bits per heavy atom. The van der Waals surface area contributed by atoms with Gasteiger partial charge in [0.25, 0.3) is 0 Å². The van der Waals surface area contributed by atoms with E-state index < -0.39 is 6.10 Å². The summed E-state index contributed by atoms with van der Waals surface area (Å²) in [7, 11) is 0. The molecule has 3 heteroatoms. The zero-order chi connectivity index (χ0) is 12.5. The van der Waals surface area contributed by atoms with Gasteiger partial charge in [0.1, 0.15) is 6.29 Å². The summed E-state index contributed by atoms with van der Waals surface area (Å²) in [4.78, 5) is 10.1. The predicted octanol–water partition coefficient (Wildman–Crippen LogP) is 1.96. The number of ether oxygens (including phenoxy) is 1. The van der Waals surface area contributed by atoms with Crippen LogP contribution in [0.5, 0.6) is 0 Å². The van der Waals surface area contributed by atoms with Crippen LogP contribution < -0.4 is 0 Å². The van der Waals surface area contributed by atoms with Crippen LogP contribution in [0.4, 0.5) is 0 Å². The van der Waals surface area contributed by atoms with Crippen molar-refractivity contribution in [3.8, 4) is 0 Å². The van der Waals surface area contributed by atoms with E-state index in [-0.39, 0.29) is 12.5 Å². The number of carbonyl (C=O) groups is 1. The number of aliphatic hydroxyl groups is 1. The topological polar surface area (TPSA) is 46.5 Å². The van der Waals surface area contributed by atoms with E-state index >= 15 is 0 Å². The normalized spacial score (nSPS) is 14.7. The molecule has 17 heavy (non-hydrogen) atoms. The van der Waals surface area contributed by atoms with E-state index in [0.717, 1.165) is 5.56 Å². The van der Waals surface area contributed by atoms with E-state index in [1.165, 1.54) is 6.08 Å². The van der Waals surface area contributed by atoms with Gasteiger partial charge in [-0.15, -0.1) is 0 Å². The minimum absolute atomic E-state index is 0.0871. The van der Waals surface area contributed by atoms with Crippen LogP contribution in [0.2, 0.25) is 0 Å². The lowest BCUT2D eigenvalue weighted by molar-refractivity contribution is -0.104. The second-order valence-electron chi connectivity index (χ2n) is 3.95. The predicted molar refractivity (Wildman–Crippen MR) is 66.5 cm³/mol. The van der Waals surface area contributed by atoms with Crippen LogP contribution in [0.3, 0.4) is 0 Å². The Kier molecular flexibility index (Phi) is 6.22. The van der Waals surface area contributed by atoms with Gasteiger partial charge in [-0.25, -0.2) is 0 Å². The van der Waals surface area contributed by atoms with Gasteiger partial charge in [0, 0.05) is 5.92 Å². The van der Waals surface area contributed by atoms with Gasteiger partial charge in [-0.3, -0.25) is 4.79 Å². The van der Waals surface area contributed by atoms with Gasteiger partial charge >= 0.3 is 0 Å². The van der Waals surface area contributed by atoms with Crippen molar-refractivity contribution in [1.29, 1.82) is 0 Å². The van der Waals surface area contributed by atoms with Gasteiger partial charge < -0.3 is 9.84 Å². The summed E-state index contributed by atoms with van der Waals surface area (Å²) in [5.74, 6) is -0.0871. The SMILES string of the molecule is C[C@H](/C=C/C=O)[C@@H](O)COCc1ccccc1. The maximum Gasteiger partial charge on any atom is 0.142 e. The Labute approximate surface area is 102 Å². The van der Waals surface area contributed by atoms with Crippen LogP contribution in [-0.4, -0.2) is 24.1 Å². The van der Waals surface area contributed by atoms with E-state index in [1.807, 2.05) is 37.3 Å². The molecule has 0 aliphatic carbocycles. The van der Waals surface area contributed by atoms with Crippen molar-refractivity contribution in [3.05, 3.63) is 48.0 Å².